The predicted molar refractivity (Wildman–Crippen MR) is 82.9 cm³/mol. The summed E-state index contributed by atoms with van der Waals surface area (Å²) in [5, 5.41) is 0. The molecule has 0 aliphatic rings. The summed E-state index contributed by atoms with van der Waals surface area (Å²) in [4.78, 5) is 1.37. The topological polar surface area (TPSA) is 3.24 Å². The number of hydrogen-bond donors (Lipinski definition) is 0. The Morgan fingerprint density at radius 3 is 1.89 bits per heavy atom. The van der Waals surface area contributed by atoms with E-state index in [1.54, 1.807) is 0 Å². The van der Waals surface area contributed by atoms with Crippen molar-refractivity contribution in [1.82, 2.24) is 4.31 Å². The Bertz CT molecular complexity index is 276. The Balaban J connectivity index is 2.37. The second kappa shape index (κ2) is 10.5. The fourth-order valence-corrected chi connectivity index (χ4v) is 2.93. The third-order valence-corrected chi connectivity index (χ3v) is 4.11. The summed E-state index contributed by atoms with van der Waals surface area (Å²) in [5.74, 6) is 0. The van der Waals surface area contributed by atoms with Crippen LogP contribution in [-0.4, -0.2) is 17.4 Å². The molecule has 0 saturated heterocycles. The lowest BCUT2D eigenvalue weighted by molar-refractivity contribution is 0.433. The standard InChI is InChI=1S/C16H27NS/c1-3-5-10-14-17(15-11-6-4-2)18-16-12-8-7-9-13-16/h7-9,12-13H,3-6,10-11,14-15H2,1-2H3. The first-order valence-corrected chi connectivity index (χ1v) is 8.12. The van der Waals surface area contributed by atoms with E-state index in [9.17, 15) is 0 Å². The van der Waals surface area contributed by atoms with Gasteiger partial charge in [0.15, 0.2) is 0 Å². The van der Waals surface area contributed by atoms with Gasteiger partial charge in [0.05, 0.1) is 0 Å². The van der Waals surface area contributed by atoms with Crippen LogP contribution in [0.5, 0.6) is 0 Å². The first kappa shape index (κ1) is 15.6. The van der Waals surface area contributed by atoms with E-state index in [0.29, 0.717) is 0 Å². The highest BCUT2D eigenvalue weighted by molar-refractivity contribution is 7.97. The van der Waals surface area contributed by atoms with Crippen molar-refractivity contribution in [2.24, 2.45) is 0 Å². The zero-order chi connectivity index (χ0) is 13.1. The van der Waals surface area contributed by atoms with Crippen molar-refractivity contribution in [1.29, 1.82) is 0 Å². The maximum atomic E-state index is 2.54. The van der Waals surface area contributed by atoms with Gasteiger partial charge in [0.1, 0.15) is 0 Å². The molecule has 0 atom stereocenters. The van der Waals surface area contributed by atoms with Gasteiger partial charge in [0.2, 0.25) is 0 Å². The quantitative estimate of drug-likeness (QED) is 0.413. The van der Waals surface area contributed by atoms with Gasteiger partial charge in [-0.1, -0.05) is 57.7 Å². The molecule has 0 radical (unpaired) electrons. The normalized spacial score (nSPS) is 11.1. The van der Waals surface area contributed by atoms with Crippen LogP contribution in [0.25, 0.3) is 0 Å². The van der Waals surface area contributed by atoms with E-state index >= 15 is 0 Å². The third kappa shape index (κ3) is 7.07. The van der Waals surface area contributed by atoms with Gasteiger partial charge < -0.3 is 0 Å². The van der Waals surface area contributed by atoms with Crippen LogP contribution in [0.15, 0.2) is 35.2 Å². The molecule has 2 heteroatoms. The highest BCUT2D eigenvalue weighted by Crippen LogP contribution is 2.23. The van der Waals surface area contributed by atoms with Crippen molar-refractivity contribution < 1.29 is 0 Å². The van der Waals surface area contributed by atoms with Crippen molar-refractivity contribution in [2.45, 2.75) is 57.3 Å². The molecule has 18 heavy (non-hydrogen) atoms. The van der Waals surface area contributed by atoms with Gasteiger partial charge in [-0.05, 0) is 36.9 Å². The lowest BCUT2D eigenvalue weighted by Crippen LogP contribution is -2.18. The zero-order valence-corrected chi connectivity index (χ0v) is 12.7. The van der Waals surface area contributed by atoms with Crippen LogP contribution in [-0.2, 0) is 0 Å². The average molecular weight is 265 g/mol. The number of rotatable bonds is 10. The minimum absolute atomic E-state index is 1.22. The molecule has 1 aromatic carbocycles. The summed E-state index contributed by atoms with van der Waals surface area (Å²) in [6.07, 6.45) is 7.95. The fourth-order valence-electron chi connectivity index (χ4n) is 1.91. The van der Waals surface area contributed by atoms with Crippen LogP contribution in [0, 0.1) is 0 Å². The van der Waals surface area contributed by atoms with Crippen molar-refractivity contribution in [3.05, 3.63) is 30.3 Å². The fraction of sp³-hybridized carbons (Fsp3) is 0.625. The lowest BCUT2D eigenvalue weighted by atomic mass is 10.2. The molecule has 0 amide bonds. The number of unbranched alkanes of at least 4 members (excludes halogenated alkanes) is 4. The van der Waals surface area contributed by atoms with Crippen LogP contribution in [0.4, 0.5) is 0 Å². The van der Waals surface area contributed by atoms with Gasteiger partial charge in [0, 0.05) is 18.0 Å². The number of hydrogen-bond acceptors (Lipinski definition) is 2. The van der Waals surface area contributed by atoms with E-state index in [-0.39, 0.29) is 0 Å². The Morgan fingerprint density at radius 1 is 0.833 bits per heavy atom. The molecule has 0 aromatic heterocycles. The summed E-state index contributed by atoms with van der Waals surface area (Å²) in [5.41, 5.74) is 0. The van der Waals surface area contributed by atoms with Crippen LogP contribution in [0.2, 0.25) is 0 Å². The van der Waals surface area contributed by atoms with Crippen LogP contribution >= 0.6 is 11.9 Å². The highest BCUT2D eigenvalue weighted by Gasteiger charge is 2.06. The molecule has 0 spiro atoms. The molecule has 0 aliphatic carbocycles. The maximum absolute atomic E-state index is 2.54. The first-order chi connectivity index (χ1) is 8.86. The first-order valence-electron chi connectivity index (χ1n) is 7.34. The van der Waals surface area contributed by atoms with E-state index < -0.39 is 0 Å². The van der Waals surface area contributed by atoms with Crippen molar-refractivity contribution in [3.63, 3.8) is 0 Å². The van der Waals surface area contributed by atoms with E-state index in [2.05, 4.69) is 48.5 Å². The minimum atomic E-state index is 1.22. The molecule has 102 valence electrons. The molecule has 0 N–H and O–H groups in total. The third-order valence-electron chi connectivity index (χ3n) is 3.00. The number of nitrogens with zero attached hydrogens (tertiary/aromatic N) is 1. The van der Waals surface area contributed by atoms with E-state index in [1.165, 1.54) is 56.5 Å². The monoisotopic (exact) mass is 265 g/mol. The Hall–Kier alpha value is -0.470. The van der Waals surface area contributed by atoms with E-state index in [1.807, 2.05) is 11.9 Å². The zero-order valence-electron chi connectivity index (χ0n) is 11.9. The second-order valence-electron chi connectivity index (χ2n) is 4.75. The predicted octanol–water partition coefficient (Wildman–Crippen LogP) is 5.38. The summed E-state index contributed by atoms with van der Waals surface area (Å²) < 4.78 is 2.54. The molecule has 1 rings (SSSR count). The Kier molecular flexibility index (Phi) is 9.05. The van der Waals surface area contributed by atoms with Gasteiger partial charge in [0.25, 0.3) is 0 Å². The molecule has 0 heterocycles. The summed E-state index contributed by atoms with van der Waals surface area (Å²) in [6.45, 7) is 6.98. The molecular formula is C16H27NS. The van der Waals surface area contributed by atoms with Crippen LogP contribution in [0.1, 0.15) is 52.4 Å². The van der Waals surface area contributed by atoms with Gasteiger partial charge >= 0.3 is 0 Å². The Morgan fingerprint density at radius 2 is 1.39 bits per heavy atom. The second-order valence-corrected chi connectivity index (χ2v) is 5.92. The maximum Gasteiger partial charge on any atom is 0.0230 e. The van der Waals surface area contributed by atoms with Gasteiger partial charge in [-0.25, -0.2) is 4.31 Å². The molecule has 0 bridgehead atoms. The summed E-state index contributed by atoms with van der Waals surface area (Å²) in [6, 6.07) is 10.7. The lowest BCUT2D eigenvalue weighted by Gasteiger charge is -2.20. The SMILES string of the molecule is CCCCCN(CCCCC)Sc1ccccc1. The molecule has 1 nitrogen and oxygen atoms in total. The van der Waals surface area contributed by atoms with Gasteiger partial charge in [-0.3, -0.25) is 0 Å². The Labute approximate surface area is 117 Å². The van der Waals surface area contributed by atoms with Crippen LogP contribution < -0.4 is 0 Å². The van der Waals surface area contributed by atoms with Gasteiger partial charge in [-0.15, -0.1) is 0 Å². The largest absolute Gasteiger partial charge is 0.246 e. The molecule has 0 saturated carbocycles. The number of benzene rings is 1. The summed E-state index contributed by atoms with van der Waals surface area (Å²) >= 11 is 1.92. The molecule has 0 aliphatic heterocycles. The van der Waals surface area contributed by atoms with Crippen molar-refractivity contribution in [2.75, 3.05) is 13.1 Å². The van der Waals surface area contributed by atoms with Crippen molar-refractivity contribution >= 4 is 11.9 Å². The van der Waals surface area contributed by atoms with Crippen LogP contribution in [0.3, 0.4) is 0 Å². The molecule has 0 fully saturated rings. The average Bonchev–Trinajstić information content (AvgIpc) is 2.40. The highest BCUT2D eigenvalue weighted by atomic mass is 32.2. The molecule has 1 aromatic rings. The van der Waals surface area contributed by atoms with Gasteiger partial charge in [-0.2, -0.15) is 0 Å². The minimum Gasteiger partial charge on any atom is -0.246 e. The summed E-state index contributed by atoms with van der Waals surface area (Å²) in [7, 11) is 0. The van der Waals surface area contributed by atoms with Crippen molar-refractivity contribution in [3.8, 4) is 0 Å². The van der Waals surface area contributed by atoms with E-state index in [0.717, 1.165) is 0 Å². The smallest absolute Gasteiger partial charge is 0.0230 e. The molecular weight excluding hydrogens is 238 g/mol. The molecule has 0 unspecified atom stereocenters. The van der Waals surface area contributed by atoms with E-state index in [4.69, 9.17) is 0 Å².